The van der Waals surface area contributed by atoms with Crippen molar-refractivity contribution >= 4 is 28.3 Å². The fourth-order valence-electron chi connectivity index (χ4n) is 2.19. The Hall–Kier alpha value is -1.89. The van der Waals surface area contributed by atoms with Gasteiger partial charge in [-0.05, 0) is 34.6 Å². The number of amides is 1. The third-order valence-electron chi connectivity index (χ3n) is 3.11. The van der Waals surface area contributed by atoms with Crippen molar-refractivity contribution < 1.29 is 14.3 Å². The first-order valence-corrected chi connectivity index (χ1v) is 8.49. The van der Waals surface area contributed by atoms with Gasteiger partial charge in [0.15, 0.2) is 16.9 Å². The molecule has 0 aromatic carbocycles. The van der Waals surface area contributed by atoms with Gasteiger partial charge in [-0.2, -0.15) is 0 Å². The van der Waals surface area contributed by atoms with Crippen LogP contribution in [0.3, 0.4) is 0 Å². The molecule has 1 unspecified atom stereocenters. The number of carbonyl (C=O) groups is 2. The number of nitrogens with zero attached hydrogens (tertiary/aromatic N) is 2. The average molecular weight is 339 g/mol. The Morgan fingerprint density at radius 3 is 2.48 bits per heavy atom. The van der Waals surface area contributed by atoms with E-state index >= 15 is 0 Å². The van der Waals surface area contributed by atoms with E-state index in [1.807, 2.05) is 27.7 Å². The first kappa shape index (κ1) is 19.2. The number of thiazole rings is 1. The predicted octanol–water partition coefficient (Wildman–Crippen LogP) is 2.93. The zero-order valence-electron chi connectivity index (χ0n) is 14.3. The van der Waals surface area contributed by atoms with Crippen molar-refractivity contribution in [2.75, 3.05) is 11.9 Å². The first-order valence-electron chi connectivity index (χ1n) is 7.61. The second kappa shape index (κ2) is 8.67. The lowest BCUT2D eigenvalue weighted by molar-refractivity contribution is -0.143. The van der Waals surface area contributed by atoms with E-state index in [9.17, 15) is 9.59 Å². The van der Waals surface area contributed by atoms with Gasteiger partial charge < -0.3 is 15.0 Å². The van der Waals surface area contributed by atoms with Crippen LogP contribution in [0.4, 0.5) is 5.13 Å². The van der Waals surface area contributed by atoms with Gasteiger partial charge in [0.1, 0.15) is 0 Å². The Kier molecular flexibility index (Phi) is 7.22. The van der Waals surface area contributed by atoms with Gasteiger partial charge in [0.2, 0.25) is 0 Å². The van der Waals surface area contributed by atoms with Crippen molar-refractivity contribution in [3.05, 3.63) is 23.7 Å². The highest BCUT2D eigenvalue weighted by Gasteiger charge is 2.28. The molecule has 1 amide bonds. The summed E-state index contributed by atoms with van der Waals surface area (Å²) in [5, 5.41) is 5.22. The smallest absolute Gasteiger partial charge is 0.358 e. The van der Waals surface area contributed by atoms with Gasteiger partial charge in [-0.3, -0.25) is 4.79 Å². The number of nitrogens with one attached hydrogen (secondary N) is 1. The van der Waals surface area contributed by atoms with Crippen LogP contribution in [0.1, 0.15) is 45.1 Å². The Morgan fingerprint density at radius 2 is 1.96 bits per heavy atom. The minimum Gasteiger partial charge on any atom is -0.448 e. The molecule has 1 heterocycles. The summed E-state index contributed by atoms with van der Waals surface area (Å²) < 4.78 is 5.26. The summed E-state index contributed by atoms with van der Waals surface area (Å²) in [4.78, 5) is 30.4. The molecule has 0 aliphatic carbocycles. The minimum atomic E-state index is -0.849. The van der Waals surface area contributed by atoms with Crippen LogP contribution < -0.4 is 5.32 Å². The molecular formula is C16H25N3O3S. The number of rotatable bonds is 8. The fraction of sp³-hybridized carbons (Fsp3) is 0.562. The molecule has 0 saturated carbocycles. The molecule has 1 aromatic rings. The lowest BCUT2D eigenvalue weighted by Crippen LogP contribution is -2.47. The van der Waals surface area contributed by atoms with Crippen LogP contribution in [0, 0.1) is 0 Å². The molecule has 7 heteroatoms. The Bertz CT molecular complexity index is 547. The van der Waals surface area contributed by atoms with E-state index < -0.39 is 12.1 Å². The summed E-state index contributed by atoms with van der Waals surface area (Å²) in [7, 11) is 0. The Balaban J connectivity index is 2.70. The van der Waals surface area contributed by atoms with Crippen molar-refractivity contribution in [1.82, 2.24) is 9.88 Å². The van der Waals surface area contributed by atoms with Gasteiger partial charge in [0.25, 0.3) is 5.91 Å². The highest BCUT2D eigenvalue weighted by Crippen LogP contribution is 2.17. The van der Waals surface area contributed by atoms with Crippen LogP contribution in [0.2, 0.25) is 0 Å². The van der Waals surface area contributed by atoms with Crippen LogP contribution in [-0.4, -0.2) is 46.5 Å². The average Bonchev–Trinajstić information content (AvgIpc) is 2.93. The molecule has 1 rings (SSSR count). The molecule has 0 aliphatic rings. The van der Waals surface area contributed by atoms with E-state index in [4.69, 9.17) is 4.74 Å². The Labute approximate surface area is 141 Å². The van der Waals surface area contributed by atoms with Gasteiger partial charge >= 0.3 is 5.97 Å². The standard InChI is InChI=1S/C16H25N3O3S/c1-7-8-17-16-18-13(9-23-16)15(21)22-12(6)14(20)19(10(2)3)11(4)5/h7,9-12H,1,8H2,2-6H3,(H,17,18). The largest absolute Gasteiger partial charge is 0.448 e. The number of hydrogen-bond donors (Lipinski definition) is 1. The van der Waals surface area contributed by atoms with E-state index in [1.165, 1.54) is 11.3 Å². The number of esters is 1. The zero-order chi connectivity index (χ0) is 17.6. The van der Waals surface area contributed by atoms with Gasteiger partial charge in [-0.1, -0.05) is 6.08 Å². The zero-order valence-corrected chi connectivity index (χ0v) is 15.1. The van der Waals surface area contributed by atoms with Gasteiger partial charge in [0, 0.05) is 24.0 Å². The molecule has 1 N–H and O–H groups in total. The van der Waals surface area contributed by atoms with Crippen LogP contribution in [0.5, 0.6) is 0 Å². The second-order valence-corrected chi connectivity index (χ2v) is 6.55. The van der Waals surface area contributed by atoms with Crippen LogP contribution in [-0.2, 0) is 9.53 Å². The third-order valence-corrected chi connectivity index (χ3v) is 3.91. The van der Waals surface area contributed by atoms with Crippen molar-refractivity contribution in [2.45, 2.75) is 52.8 Å². The molecule has 1 atom stereocenters. The number of aromatic nitrogens is 1. The topological polar surface area (TPSA) is 71.5 Å². The summed E-state index contributed by atoms with van der Waals surface area (Å²) >= 11 is 1.30. The molecule has 6 nitrogen and oxygen atoms in total. The number of hydrogen-bond acceptors (Lipinski definition) is 6. The highest BCUT2D eigenvalue weighted by molar-refractivity contribution is 7.13. The minimum absolute atomic E-state index is 0.0395. The molecule has 0 fully saturated rings. The van der Waals surface area contributed by atoms with E-state index in [-0.39, 0.29) is 23.7 Å². The van der Waals surface area contributed by atoms with E-state index in [2.05, 4.69) is 16.9 Å². The molecule has 0 bridgehead atoms. The van der Waals surface area contributed by atoms with Crippen LogP contribution >= 0.6 is 11.3 Å². The second-order valence-electron chi connectivity index (χ2n) is 5.69. The molecule has 128 valence electrons. The van der Waals surface area contributed by atoms with Crippen LogP contribution in [0.25, 0.3) is 0 Å². The molecular weight excluding hydrogens is 314 g/mol. The maximum atomic E-state index is 12.4. The normalized spacial score (nSPS) is 12.1. The number of carbonyl (C=O) groups excluding carboxylic acids is 2. The summed E-state index contributed by atoms with van der Waals surface area (Å²) in [6.07, 6.45) is 0.852. The molecule has 0 spiro atoms. The highest BCUT2D eigenvalue weighted by atomic mass is 32.1. The van der Waals surface area contributed by atoms with Gasteiger partial charge in [-0.25, -0.2) is 9.78 Å². The maximum absolute atomic E-state index is 12.4. The van der Waals surface area contributed by atoms with E-state index in [0.29, 0.717) is 11.7 Å². The lowest BCUT2D eigenvalue weighted by Gasteiger charge is -2.32. The summed E-state index contributed by atoms with van der Waals surface area (Å²) in [5.74, 6) is -0.801. The van der Waals surface area contributed by atoms with E-state index in [0.717, 1.165) is 0 Å². The lowest BCUT2D eigenvalue weighted by atomic mass is 10.2. The quantitative estimate of drug-likeness (QED) is 0.582. The summed E-state index contributed by atoms with van der Waals surface area (Å²) in [5.41, 5.74) is 0.196. The predicted molar refractivity (Wildman–Crippen MR) is 92.8 cm³/mol. The molecule has 0 radical (unpaired) electrons. The summed E-state index contributed by atoms with van der Waals surface area (Å²) in [6, 6.07) is 0.0789. The SMILES string of the molecule is C=CCNc1nc(C(=O)OC(C)C(=O)N(C(C)C)C(C)C)cs1. The number of anilines is 1. The molecule has 0 saturated heterocycles. The number of ether oxygens (including phenoxy) is 1. The summed E-state index contributed by atoms with van der Waals surface area (Å²) in [6.45, 7) is 13.5. The van der Waals surface area contributed by atoms with Crippen molar-refractivity contribution in [3.63, 3.8) is 0 Å². The third kappa shape index (κ3) is 5.35. The van der Waals surface area contributed by atoms with Gasteiger partial charge in [0.05, 0.1) is 0 Å². The maximum Gasteiger partial charge on any atom is 0.358 e. The van der Waals surface area contributed by atoms with Crippen molar-refractivity contribution in [3.8, 4) is 0 Å². The monoisotopic (exact) mass is 339 g/mol. The fourth-order valence-corrected chi connectivity index (χ4v) is 2.88. The van der Waals surface area contributed by atoms with Gasteiger partial charge in [-0.15, -0.1) is 17.9 Å². The van der Waals surface area contributed by atoms with E-state index in [1.54, 1.807) is 23.3 Å². The van der Waals surface area contributed by atoms with Crippen LogP contribution in [0.15, 0.2) is 18.0 Å². The first-order chi connectivity index (χ1) is 10.8. The van der Waals surface area contributed by atoms with Crippen molar-refractivity contribution in [2.24, 2.45) is 0 Å². The van der Waals surface area contributed by atoms with Crippen molar-refractivity contribution in [1.29, 1.82) is 0 Å². The Morgan fingerprint density at radius 1 is 1.35 bits per heavy atom. The molecule has 23 heavy (non-hydrogen) atoms. The molecule has 0 aliphatic heterocycles. The molecule has 1 aromatic heterocycles.